The van der Waals surface area contributed by atoms with Gasteiger partial charge >= 0.3 is 0 Å². The van der Waals surface area contributed by atoms with Crippen LogP contribution >= 0.6 is 0 Å². The standard InChI is InChI=1S/C4H3O.Mn/c1-2-4-5-3-1;/h1,3-4H;/q-1;. The van der Waals surface area contributed by atoms with Gasteiger partial charge in [0.25, 0.3) is 0 Å². The molecule has 0 aliphatic rings. The van der Waals surface area contributed by atoms with Crippen molar-refractivity contribution in [2.24, 2.45) is 0 Å². The molecular formula is C4H3MnO-. The van der Waals surface area contributed by atoms with Gasteiger partial charge in [-0.2, -0.15) is 6.07 Å². The Labute approximate surface area is 46.8 Å². The average Bonchev–Trinajstić information content (AvgIpc) is 1.76. The molecule has 1 rings (SSSR count). The van der Waals surface area contributed by atoms with Gasteiger partial charge < -0.3 is 4.42 Å². The maximum Gasteiger partial charge on any atom is 0 e. The van der Waals surface area contributed by atoms with Crippen LogP contribution in [-0.4, -0.2) is 0 Å². The molecule has 1 heterocycles. The van der Waals surface area contributed by atoms with Crippen molar-refractivity contribution in [3.8, 4) is 0 Å². The minimum Gasteiger partial charge on any atom is -0.576 e. The van der Waals surface area contributed by atoms with E-state index in [0.717, 1.165) is 0 Å². The normalized spacial score (nSPS) is 6.67. The van der Waals surface area contributed by atoms with E-state index < -0.39 is 0 Å². The summed E-state index contributed by atoms with van der Waals surface area (Å²) in [7, 11) is 0. The molecule has 1 aromatic rings. The van der Waals surface area contributed by atoms with Crippen molar-refractivity contribution in [3.63, 3.8) is 0 Å². The predicted molar refractivity (Wildman–Crippen MR) is 17.5 cm³/mol. The Balaban J connectivity index is 0.000000250. The smallest absolute Gasteiger partial charge is 0 e. The van der Waals surface area contributed by atoms with Crippen molar-refractivity contribution in [3.05, 3.63) is 24.7 Å². The van der Waals surface area contributed by atoms with Crippen LogP contribution in [-0.2, 0) is 17.1 Å². The summed E-state index contributed by atoms with van der Waals surface area (Å²) in [5.74, 6) is 0. The zero-order valence-electron chi connectivity index (χ0n) is 3.02. The van der Waals surface area contributed by atoms with E-state index in [1.807, 2.05) is 0 Å². The molecule has 1 radical (unpaired) electrons. The summed E-state index contributed by atoms with van der Waals surface area (Å²) in [4.78, 5) is 0. The van der Waals surface area contributed by atoms with Gasteiger partial charge in [-0.25, -0.2) is 6.07 Å². The van der Waals surface area contributed by atoms with Crippen LogP contribution in [0, 0.1) is 6.07 Å². The maximum absolute atomic E-state index is 4.53. The van der Waals surface area contributed by atoms with E-state index in [-0.39, 0.29) is 17.1 Å². The molecule has 0 fully saturated rings. The second kappa shape index (κ2) is 3.01. The Hall–Kier alpha value is -0.201. The van der Waals surface area contributed by atoms with E-state index in [2.05, 4.69) is 10.5 Å². The van der Waals surface area contributed by atoms with E-state index in [9.17, 15) is 0 Å². The van der Waals surface area contributed by atoms with Gasteiger partial charge in [-0.1, -0.05) is 6.26 Å². The largest absolute Gasteiger partial charge is 0.576 e. The van der Waals surface area contributed by atoms with Crippen LogP contribution < -0.4 is 0 Å². The molecule has 0 aliphatic heterocycles. The first-order valence-corrected chi connectivity index (χ1v) is 1.38. The van der Waals surface area contributed by atoms with Crippen LogP contribution in [0.25, 0.3) is 0 Å². The van der Waals surface area contributed by atoms with Gasteiger partial charge in [-0.15, -0.1) is 0 Å². The predicted octanol–water partition coefficient (Wildman–Crippen LogP) is 1.08. The zero-order valence-corrected chi connectivity index (χ0v) is 4.20. The summed E-state index contributed by atoms with van der Waals surface area (Å²) >= 11 is 0. The van der Waals surface area contributed by atoms with Crippen molar-refractivity contribution in [1.29, 1.82) is 0 Å². The van der Waals surface area contributed by atoms with Crippen LogP contribution in [0.2, 0.25) is 0 Å². The number of furan rings is 1. The molecule has 0 aromatic carbocycles. The van der Waals surface area contributed by atoms with Gasteiger partial charge in [0.2, 0.25) is 0 Å². The van der Waals surface area contributed by atoms with Crippen molar-refractivity contribution in [2.45, 2.75) is 0 Å². The van der Waals surface area contributed by atoms with Gasteiger partial charge in [0.1, 0.15) is 0 Å². The third-order valence-corrected chi connectivity index (χ3v) is 0.379. The summed E-state index contributed by atoms with van der Waals surface area (Å²) < 4.78 is 4.53. The second-order valence-electron chi connectivity index (χ2n) is 0.723. The Morgan fingerprint density at radius 1 is 1.50 bits per heavy atom. The monoisotopic (exact) mass is 122 g/mol. The average molecular weight is 122 g/mol. The van der Waals surface area contributed by atoms with Gasteiger partial charge in [0, 0.05) is 17.1 Å². The molecule has 0 saturated heterocycles. The second-order valence-corrected chi connectivity index (χ2v) is 0.723. The first-order chi connectivity index (χ1) is 2.50. The molecule has 0 unspecified atom stereocenters. The molecule has 2 heteroatoms. The summed E-state index contributed by atoms with van der Waals surface area (Å²) in [6.07, 6.45) is 3.07. The SMILES string of the molecule is [Mn].[c-]1ccoc1. The molecule has 0 atom stereocenters. The molecule has 0 bridgehead atoms. The molecule has 0 spiro atoms. The Morgan fingerprint density at radius 3 is 2.50 bits per heavy atom. The Bertz CT molecular complexity index is 64.0. The summed E-state index contributed by atoms with van der Waals surface area (Å²) in [6, 6.07) is 4.40. The topological polar surface area (TPSA) is 13.1 Å². The van der Waals surface area contributed by atoms with Crippen LogP contribution in [0.4, 0.5) is 0 Å². The van der Waals surface area contributed by atoms with Crippen molar-refractivity contribution in [1.82, 2.24) is 0 Å². The van der Waals surface area contributed by atoms with Crippen molar-refractivity contribution in [2.75, 3.05) is 0 Å². The minimum absolute atomic E-state index is 0. The van der Waals surface area contributed by atoms with Crippen LogP contribution in [0.15, 0.2) is 23.0 Å². The number of hydrogen-bond donors (Lipinski definition) is 0. The zero-order chi connectivity index (χ0) is 3.54. The molecular weight excluding hydrogens is 119 g/mol. The van der Waals surface area contributed by atoms with Gasteiger partial charge in [-0.05, 0) is 6.26 Å². The van der Waals surface area contributed by atoms with E-state index in [1.54, 1.807) is 12.3 Å². The summed E-state index contributed by atoms with van der Waals surface area (Å²) in [6.45, 7) is 0. The van der Waals surface area contributed by atoms with E-state index in [0.29, 0.717) is 0 Å². The van der Waals surface area contributed by atoms with E-state index in [4.69, 9.17) is 0 Å². The Morgan fingerprint density at radius 2 is 2.33 bits per heavy atom. The van der Waals surface area contributed by atoms with Gasteiger partial charge in [0.05, 0.1) is 0 Å². The minimum atomic E-state index is 0. The molecule has 1 aromatic heterocycles. The van der Waals surface area contributed by atoms with Gasteiger partial charge in [0.15, 0.2) is 0 Å². The maximum atomic E-state index is 4.53. The van der Waals surface area contributed by atoms with Gasteiger partial charge in [-0.3, -0.25) is 0 Å². The first kappa shape index (κ1) is 5.80. The molecule has 0 amide bonds. The number of hydrogen-bond acceptors (Lipinski definition) is 1. The van der Waals surface area contributed by atoms with Crippen LogP contribution in [0.1, 0.15) is 0 Å². The van der Waals surface area contributed by atoms with E-state index >= 15 is 0 Å². The van der Waals surface area contributed by atoms with Crippen LogP contribution in [0.5, 0.6) is 0 Å². The van der Waals surface area contributed by atoms with E-state index in [1.165, 1.54) is 6.26 Å². The van der Waals surface area contributed by atoms with Crippen molar-refractivity contribution < 1.29 is 21.5 Å². The molecule has 1 nitrogen and oxygen atoms in total. The molecule has 0 N–H and O–H groups in total. The fourth-order valence-electron chi connectivity index (χ4n) is 0.196. The fraction of sp³-hybridized carbons (Fsp3) is 0. The summed E-state index contributed by atoms with van der Waals surface area (Å²) in [5, 5.41) is 0. The summed E-state index contributed by atoms with van der Waals surface area (Å²) in [5.41, 5.74) is 0. The third-order valence-electron chi connectivity index (χ3n) is 0.379. The molecule has 0 aliphatic carbocycles. The number of rotatable bonds is 0. The molecule has 0 saturated carbocycles. The van der Waals surface area contributed by atoms with Crippen molar-refractivity contribution >= 4 is 0 Å². The first-order valence-electron chi connectivity index (χ1n) is 1.38. The quantitative estimate of drug-likeness (QED) is 0.370. The molecule has 6 heavy (non-hydrogen) atoms. The third kappa shape index (κ3) is 1.29. The fourth-order valence-corrected chi connectivity index (χ4v) is 0.196. The van der Waals surface area contributed by atoms with Crippen LogP contribution in [0.3, 0.4) is 0 Å². The Kier molecular flexibility index (Phi) is 2.91. The molecule has 33 valence electrons.